The van der Waals surface area contributed by atoms with Crippen LogP contribution in [0.2, 0.25) is 5.02 Å². The van der Waals surface area contributed by atoms with E-state index in [1.54, 1.807) is 36.1 Å². The van der Waals surface area contributed by atoms with Crippen LogP contribution in [-0.4, -0.2) is 41.4 Å². The molecule has 2 aliphatic rings. The number of fused-ring (bicyclic) bond motifs is 1. The molecule has 0 N–H and O–H groups in total. The lowest BCUT2D eigenvalue weighted by molar-refractivity contribution is -0.141. The number of rotatable bonds is 3. The molecule has 0 aliphatic carbocycles. The van der Waals surface area contributed by atoms with Crippen molar-refractivity contribution in [1.82, 2.24) is 4.90 Å². The number of hydrogen-bond donors (Lipinski definition) is 0. The molecule has 1 amide bonds. The fourth-order valence-corrected chi connectivity index (χ4v) is 4.70. The summed E-state index contributed by atoms with van der Waals surface area (Å²) in [5.41, 5.74) is 0.123. The van der Waals surface area contributed by atoms with Gasteiger partial charge in [-0.1, -0.05) is 23.7 Å². The lowest BCUT2D eigenvalue weighted by Gasteiger charge is -2.44. The first-order valence-electron chi connectivity index (χ1n) is 9.59. The topological polar surface area (TPSA) is 55.8 Å². The van der Waals surface area contributed by atoms with Crippen LogP contribution in [0.1, 0.15) is 36.5 Å². The Balaban J connectivity index is 1.39. The van der Waals surface area contributed by atoms with Crippen LogP contribution in [0.25, 0.3) is 0 Å². The highest BCUT2D eigenvalue weighted by Gasteiger charge is 2.44. The summed E-state index contributed by atoms with van der Waals surface area (Å²) in [5.74, 6) is 1.24. The highest BCUT2D eigenvalue weighted by molar-refractivity contribution is 9.10. The molecule has 29 heavy (non-hydrogen) atoms. The van der Waals surface area contributed by atoms with Crippen LogP contribution in [0, 0.1) is 0 Å². The van der Waals surface area contributed by atoms with E-state index in [0.29, 0.717) is 58.9 Å². The summed E-state index contributed by atoms with van der Waals surface area (Å²) in [5, 5.41) is 0.591. The Morgan fingerprint density at radius 3 is 2.69 bits per heavy atom. The van der Waals surface area contributed by atoms with Crippen LogP contribution in [-0.2, 0) is 4.79 Å². The summed E-state index contributed by atoms with van der Waals surface area (Å²) in [6.45, 7) is 2.80. The fraction of sp³-hybridized carbons (Fsp3) is 0.364. The molecule has 1 spiro atoms. The maximum Gasteiger partial charge on any atom is 0.263 e. The van der Waals surface area contributed by atoms with Crippen LogP contribution in [0.5, 0.6) is 11.5 Å². The largest absolute Gasteiger partial charge is 0.486 e. The van der Waals surface area contributed by atoms with Gasteiger partial charge in [-0.3, -0.25) is 9.59 Å². The van der Waals surface area contributed by atoms with Gasteiger partial charge in [-0.05, 0) is 53.2 Å². The Morgan fingerprint density at radius 1 is 1.24 bits per heavy atom. The van der Waals surface area contributed by atoms with Crippen LogP contribution in [0.4, 0.5) is 0 Å². The van der Waals surface area contributed by atoms with E-state index in [1.807, 2.05) is 18.2 Å². The smallest absolute Gasteiger partial charge is 0.263 e. The Morgan fingerprint density at radius 2 is 1.97 bits per heavy atom. The van der Waals surface area contributed by atoms with Gasteiger partial charge in [-0.15, -0.1) is 0 Å². The fourth-order valence-electron chi connectivity index (χ4n) is 3.93. The van der Waals surface area contributed by atoms with Gasteiger partial charge >= 0.3 is 0 Å². The van der Waals surface area contributed by atoms with E-state index in [0.717, 1.165) is 0 Å². The SMILES string of the molecule is CC(Oc1ccc(Cl)cc1Br)C(=O)N1CCC2(CC1)CC(=O)c1ccccc1O2. The van der Waals surface area contributed by atoms with Crippen molar-refractivity contribution in [2.24, 2.45) is 0 Å². The van der Waals surface area contributed by atoms with Gasteiger partial charge in [0.25, 0.3) is 5.91 Å². The van der Waals surface area contributed by atoms with E-state index in [-0.39, 0.29) is 11.7 Å². The van der Waals surface area contributed by atoms with Crippen molar-refractivity contribution in [3.05, 3.63) is 57.5 Å². The zero-order chi connectivity index (χ0) is 20.6. The number of halogens is 2. The molecule has 7 heteroatoms. The zero-order valence-corrected chi connectivity index (χ0v) is 18.3. The molecule has 1 atom stereocenters. The monoisotopic (exact) mass is 477 g/mol. The molecule has 1 saturated heterocycles. The first-order chi connectivity index (χ1) is 13.9. The molecule has 2 aromatic carbocycles. The van der Waals surface area contributed by atoms with E-state index >= 15 is 0 Å². The third-order valence-electron chi connectivity index (χ3n) is 5.53. The molecule has 1 fully saturated rings. The Labute approximate surface area is 183 Å². The zero-order valence-electron chi connectivity index (χ0n) is 16.0. The van der Waals surface area contributed by atoms with E-state index in [1.165, 1.54) is 0 Å². The number of ether oxygens (including phenoxy) is 2. The van der Waals surface area contributed by atoms with Crippen molar-refractivity contribution in [2.45, 2.75) is 37.9 Å². The average molecular weight is 479 g/mol. The molecule has 0 bridgehead atoms. The number of likely N-dealkylation sites (tertiary alicyclic amines) is 1. The van der Waals surface area contributed by atoms with E-state index in [9.17, 15) is 9.59 Å². The standard InChI is InChI=1S/C22H21BrClNO4/c1-14(28-20-7-6-15(24)12-17(20)23)21(27)25-10-8-22(9-11-25)13-18(26)16-4-2-3-5-19(16)29-22/h2-7,12,14H,8-11,13H2,1H3. The molecule has 0 saturated carbocycles. The van der Waals surface area contributed by atoms with Crippen molar-refractivity contribution in [3.8, 4) is 11.5 Å². The predicted molar refractivity (Wildman–Crippen MR) is 114 cm³/mol. The highest BCUT2D eigenvalue weighted by atomic mass is 79.9. The second-order valence-corrected chi connectivity index (χ2v) is 8.83. The van der Waals surface area contributed by atoms with Gasteiger partial charge in [0.2, 0.25) is 0 Å². The molecular formula is C22H21BrClNO4. The van der Waals surface area contributed by atoms with Crippen molar-refractivity contribution >= 4 is 39.2 Å². The number of nitrogens with zero attached hydrogens (tertiary/aromatic N) is 1. The molecule has 152 valence electrons. The third kappa shape index (κ3) is 4.14. The number of benzene rings is 2. The number of para-hydroxylation sites is 1. The summed E-state index contributed by atoms with van der Waals surface area (Å²) >= 11 is 9.36. The number of ketones is 1. The summed E-state index contributed by atoms with van der Waals surface area (Å²) in [7, 11) is 0. The van der Waals surface area contributed by atoms with Gasteiger partial charge in [0.15, 0.2) is 11.9 Å². The van der Waals surface area contributed by atoms with Crippen LogP contribution >= 0.6 is 27.5 Å². The summed E-state index contributed by atoms with van der Waals surface area (Å²) < 4.78 is 12.8. The van der Waals surface area contributed by atoms with Gasteiger partial charge in [0.1, 0.15) is 17.1 Å². The van der Waals surface area contributed by atoms with E-state index < -0.39 is 11.7 Å². The highest BCUT2D eigenvalue weighted by Crippen LogP contribution is 2.39. The van der Waals surface area contributed by atoms with Crippen molar-refractivity contribution in [3.63, 3.8) is 0 Å². The summed E-state index contributed by atoms with van der Waals surface area (Å²) in [6, 6.07) is 12.5. The number of piperidine rings is 1. The predicted octanol–water partition coefficient (Wildman–Crippen LogP) is 4.90. The van der Waals surface area contributed by atoms with Gasteiger partial charge in [0, 0.05) is 31.0 Å². The molecule has 5 nitrogen and oxygen atoms in total. The minimum Gasteiger partial charge on any atom is -0.486 e. The number of amides is 1. The van der Waals surface area contributed by atoms with E-state index in [2.05, 4.69) is 15.9 Å². The van der Waals surface area contributed by atoms with Crippen LogP contribution < -0.4 is 9.47 Å². The van der Waals surface area contributed by atoms with E-state index in [4.69, 9.17) is 21.1 Å². The average Bonchev–Trinajstić information content (AvgIpc) is 2.70. The summed E-state index contributed by atoms with van der Waals surface area (Å²) in [6.07, 6.45) is 0.971. The van der Waals surface area contributed by atoms with Crippen molar-refractivity contribution < 1.29 is 19.1 Å². The molecule has 2 aliphatic heterocycles. The minimum atomic E-state index is -0.629. The number of Topliss-reactive ketones (excluding diaryl/α,β-unsaturated/α-hetero) is 1. The Kier molecular flexibility index (Phi) is 5.58. The van der Waals surface area contributed by atoms with Crippen molar-refractivity contribution in [2.75, 3.05) is 13.1 Å². The van der Waals surface area contributed by atoms with Gasteiger partial charge in [-0.2, -0.15) is 0 Å². The molecule has 0 radical (unpaired) electrons. The van der Waals surface area contributed by atoms with Gasteiger partial charge in [-0.25, -0.2) is 0 Å². The van der Waals surface area contributed by atoms with Crippen molar-refractivity contribution in [1.29, 1.82) is 0 Å². The first-order valence-corrected chi connectivity index (χ1v) is 10.8. The second kappa shape index (κ2) is 8.00. The van der Waals surface area contributed by atoms with Gasteiger partial charge in [0.05, 0.1) is 16.5 Å². The first kappa shape index (κ1) is 20.2. The molecule has 1 unspecified atom stereocenters. The minimum absolute atomic E-state index is 0.0794. The number of carbonyl (C=O) groups is 2. The van der Waals surface area contributed by atoms with Gasteiger partial charge < -0.3 is 14.4 Å². The lowest BCUT2D eigenvalue weighted by Crippen LogP contribution is -2.54. The molecule has 2 heterocycles. The maximum atomic E-state index is 12.9. The lowest BCUT2D eigenvalue weighted by atomic mass is 9.82. The van der Waals surface area contributed by atoms with Crippen LogP contribution in [0.3, 0.4) is 0 Å². The Bertz CT molecular complexity index is 956. The second-order valence-electron chi connectivity index (χ2n) is 7.54. The normalized spacial score (nSPS) is 18.7. The molecular weight excluding hydrogens is 458 g/mol. The quantitative estimate of drug-likeness (QED) is 0.630. The number of hydrogen-bond acceptors (Lipinski definition) is 4. The molecule has 4 rings (SSSR count). The van der Waals surface area contributed by atoms with Crippen LogP contribution in [0.15, 0.2) is 46.9 Å². The third-order valence-corrected chi connectivity index (χ3v) is 6.38. The summed E-state index contributed by atoms with van der Waals surface area (Å²) in [4.78, 5) is 27.2. The Hall–Kier alpha value is -2.05. The molecule has 0 aromatic heterocycles. The number of carbonyl (C=O) groups excluding carboxylic acids is 2. The maximum absolute atomic E-state index is 12.9. The molecule has 2 aromatic rings.